The summed E-state index contributed by atoms with van der Waals surface area (Å²) >= 11 is 0. The molecule has 0 saturated heterocycles. The Bertz CT molecular complexity index is 915. The van der Waals surface area contributed by atoms with Crippen molar-refractivity contribution in [1.82, 2.24) is 0 Å². The molecule has 0 heterocycles. The van der Waals surface area contributed by atoms with E-state index in [4.69, 9.17) is 4.74 Å². The molecule has 4 aliphatic carbocycles. The summed E-state index contributed by atoms with van der Waals surface area (Å²) in [4.78, 5) is 47.3. The summed E-state index contributed by atoms with van der Waals surface area (Å²) in [6, 6.07) is 0. The molecule has 4 aliphatic rings. The fourth-order valence-corrected chi connectivity index (χ4v) is 7.69. The minimum absolute atomic E-state index is 0. The summed E-state index contributed by atoms with van der Waals surface area (Å²) < 4.78 is 4.95. The average Bonchev–Trinajstić information content (AvgIpc) is 3.02. The van der Waals surface area contributed by atoms with Gasteiger partial charge < -0.3 is 24.9 Å². The van der Waals surface area contributed by atoms with Crippen LogP contribution in [0.2, 0.25) is 0 Å². The van der Waals surface area contributed by atoms with Gasteiger partial charge in [-0.2, -0.15) is 0 Å². The van der Waals surface area contributed by atoms with Gasteiger partial charge in [0.15, 0.2) is 12.4 Å². The fraction of sp³-hybridized carbons (Fsp3) is 0.760. The van der Waals surface area contributed by atoms with E-state index in [0.717, 1.165) is 18.4 Å². The number of esters is 1. The van der Waals surface area contributed by atoms with Crippen LogP contribution in [0.25, 0.3) is 0 Å². The van der Waals surface area contributed by atoms with Gasteiger partial charge in [-0.15, -0.1) is 0 Å². The van der Waals surface area contributed by atoms with Crippen LogP contribution in [0.15, 0.2) is 11.6 Å². The number of hydrogen-bond acceptors (Lipinski definition) is 8. The summed E-state index contributed by atoms with van der Waals surface area (Å²) in [6.07, 6.45) is 4.07. The summed E-state index contributed by atoms with van der Waals surface area (Å²) in [6.45, 7) is 3.38. The number of aliphatic hydroxyl groups is 2. The van der Waals surface area contributed by atoms with E-state index < -0.39 is 54.3 Å². The van der Waals surface area contributed by atoms with Gasteiger partial charge in [-0.3, -0.25) is 14.4 Å². The van der Waals surface area contributed by atoms with Crippen molar-refractivity contribution in [2.45, 2.75) is 83.3 Å². The predicted molar refractivity (Wildman–Crippen MR) is 113 cm³/mol. The molecule has 0 aromatic heterocycles. The molecule has 2 N–H and O–H groups in total. The van der Waals surface area contributed by atoms with E-state index in [9.17, 15) is 34.5 Å². The van der Waals surface area contributed by atoms with Crippen molar-refractivity contribution in [3.05, 3.63) is 11.6 Å². The quantitative estimate of drug-likeness (QED) is 0.322. The van der Waals surface area contributed by atoms with Crippen molar-refractivity contribution in [2.75, 3.05) is 6.61 Å². The zero-order chi connectivity index (χ0) is 24.2. The molecule has 0 amide bonds. The number of ether oxygens (including phenoxy) is 1. The Morgan fingerprint density at radius 2 is 1.85 bits per heavy atom. The standard InChI is InChI=1S/C25H34O8.Na/c1-23-9-7-15(26)11-14(23)3-4-16-17-8-10-25(32,24(17,2)12-18(27)22(16)23)19(28)13-33-21(31)6-5-20(29)30;/h11,16-18,22,27,32H,3-10,12-13H2,1-2H3,(H,29,30);/q;+1/p-1/t16-,17+,18+,22+,23+,24+,25-;/m0./s1. The van der Waals surface area contributed by atoms with E-state index >= 15 is 0 Å². The molecule has 9 heteroatoms. The maximum Gasteiger partial charge on any atom is 1.00 e. The van der Waals surface area contributed by atoms with E-state index in [-0.39, 0.29) is 71.4 Å². The molecule has 4 rings (SSSR count). The number of rotatable bonds is 6. The number of Topliss-reactive ketones (excluding diaryl/α,β-unsaturated/α-hetero) is 1. The molecule has 8 nitrogen and oxygen atoms in total. The van der Waals surface area contributed by atoms with Crippen LogP contribution in [0.5, 0.6) is 0 Å². The van der Waals surface area contributed by atoms with Crippen molar-refractivity contribution >= 4 is 23.5 Å². The maximum atomic E-state index is 13.1. The summed E-state index contributed by atoms with van der Waals surface area (Å²) in [5.41, 5.74) is -1.71. The molecule has 34 heavy (non-hydrogen) atoms. The van der Waals surface area contributed by atoms with Crippen LogP contribution in [-0.2, 0) is 23.9 Å². The number of allylic oxidation sites excluding steroid dienone is 1. The second-order valence-electron chi connectivity index (χ2n) is 10.9. The molecule has 3 saturated carbocycles. The van der Waals surface area contributed by atoms with Crippen LogP contribution in [-0.4, -0.2) is 52.0 Å². The van der Waals surface area contributed by atoms with Gasteiger partial charge in [0.25, 0.3) is 0 Å². The molecular weight excluding hydrogens is 451 g/mol. The second kappa shape index (κ2) is 9.77. The van der Waals surface area contributed by atoms with Crippen LogP contribution in [0, 0.1) is 28.6 Å². The van der Waals surface area contributed by atoms with E-state index in [0.29, 0.717) is 19.3 Å². The average molecular weight is 485 g/mol. The van der Waals surface area contributed by atoms with Gasteiger partial charge >= 0.3 is 35.5 Å². The molecule has 0 aliphatic heterocycles. The molecule has 3 fully saturated rings. The van der Waals surface area contributed by atoms with Gasteiger partial charge in [0.05, 0.1) is 12.5 Å². The van der Waals surface area contributed by atoms with Crippen molar-refractivity contribution < 1.29 is 68.8 Å². The van der Waals surface area contributed by atoms with Gasteiger partial charge in [0.1, 0.15) is 5.60 Å². The van der Waals surface area contributed by atoms with Crippen LogP contribution in [0.1, 0.15) is 71.6 Å². The first kappa shape index (κ1) is 27.5. The van der Waals surface area contributed by atoms with Crippen molar-refractivity contribution in [1.29, 1.82) is 0 Å². The first-order chi connectivity index (χ1) is 15.4. The zero-order valence-corrected chi connectivity index (χ0v) is 22.3. The third-order valence-electron chi connectivity index (χ3n) is 9.41. The molecule has 0 aromatic carbocycles. The third-order valence-corrected chi connectivity index (χ3v) is 9.41. The Morgan fingerprint density at radius 3 is 2.53 bits per heavy atom. The Morgan fingerprint density at radius 1 is 1.15 bits per heavy atom. The van der Waals surface area contributed by atoms with Crippen molar-refractivity contribution in [3.63, 3.8) is 0 Å². The molecule has 182 valence electrons. The number of fused-ring (bicyclic) bond motifs is 5. The number of aliphatic hydroxyl groups excluding tert-OH is 1. The number of carbonyl (C=O) groups excluding carboxylic acids is 4. The smallest absolute Gasteiger partial charge is 0.550 e. The predicted octanol–water partition coefficient (Wildman–Crippen LogP) is -2.13. The molecule has 0 aromatic rings. The van der Waals surface area contributed by atoms with E-state index in [1.165, 1.54) is 0 Å². The van der Waals surface area contributed by atoms with Gasteiger partial charge in [-0.1, -0.05) is 19.4 Å². The van der Waals surface area contributed by atoms with Crippen LogP contribution in [0.3, 0.4) is 0 Å². The number of ketones is 2. The van der Waals surface area contributed by atoms with E-state index in [1.54, 1.807) is 6.08 Å². The number of aliphatic carboxylic acids is 1. The largest absolute Gasteiger partial charge is 1.00 e. The Hall–Kier alpha value is -1.06. The normalized spacial score (nSPS) is 40.7. The minimum atomic E-state index is -1.72. The van der Waals surface area contributed by atoms with E-state index in [1.807, 2.05) is 6.92 Å². The maximum absolute atomic E-state index is 13.1. The Labute approximate surface area is 221 Å². The number of carboxylic acid groups (broad SMARTS) is 1. The first-order valence-corrected chi connectivity index (χ1v) is 12.0. The van der Waals surface area contributed by atoms with E-state index in [2.05, 4.69) is 6.92 Å². The van der Waals surface area contributed by atoms with Gasteiger partial charge in [-0.05, 0) is 74.2 Å². The summed E-state index contributed by atoms with van der Waals surface area (Å²) in [7, 11) is 0. The van der Waals surface area contributed by atoms with Crippen molar-refractivity contribution in [3.8, 4) is 0 Å². The monoisotopic (exact) mass is 484 g/mol. The van der Waals surface area contributed by atoms with Crippen LogP contribution >= 0.6 is 0 Å². The summed E-state index contributed by atoms with van der Waals surface area (Å²) in [5.74, 6) is -2.53. The topological polar surface area (TPSA) is 141 Å². The minimum Gasteiger partial charge on any atom is -0.550 e. The fourth-order valence-electron chi connectivity index (χ4n) is 7.69. The molecular formula is C25H33NaO8. The Balaban J connectivity index is 0.00000324. The number of carbonyl (C=O) groups is 4. The molecule has 0 bridgehead atoms. The van der Waals surface area contributed by atoms with Gasteiger partial charge in [-0.25, -0.2) is 0 Å². The molecule has 7 atom stereocenters. The van der Waals surface area contributed by atoms with Crippen molar-refractivity contribution in [2.24, 2.45) is 28.6 Å². The SMILES string of the molecule is C[C@@]12CCC(=O)C=C1CC[C@@H]1[C@@H]2[C@H](O)C[C@]2(C)[C@@H]1CC[C@]2(O)C(=O)COC(=O)CCC(=O)[O-].[Na+]. The van der Waals surface area contributed by atoms with Crippen LogP contribution < -0.4 is 34.7 Å². The first-order valence-electron chi connectivity index (χ1n) is 12.0. The Kier molecular flexibility index (Phi) is 7.91. The van der Waals surface area contributed by atoms with Gasteiger partial charge in [0, 0.05) is 17.8 Å². The molecule has 0 unspecified atom stereocenters. The molecule has 0 spiro atoms. The summed E-state index contributed by atoms with van der Waals surface area (Å²) in [5, 5.41) is 33.4. The zero-order valence-electron chi connectivity index (χ0n) is 20.3. The van der Waals surface area contributed by atoms with Crippen LogP contribution in [0.4, 0.5) is 0 Å². The van der Waals surface area contributed by atoms with Gasteiger partial charge in [0.2, 0.25) is 5.78 Å². The number of carboxylic acids is 1. The third kappa shape index (κ3) is 4.34. The molecule has 0 radical (unpaired) electrons. The number of hydrogen-bond donors (Lipinski definition) is 2. The second-order valence-corrected chi connectivity index (χ2v) is 10.9.